The minimum atomic E-state index is 0.551. The first-order chi connectivity index (χ1) is 9.74. The van der Waals surface area contributed by atoms with Gasteiger partial charge in [0.1, 0.15) is 0 Å². The molecule has 0 aromatic carbocycles. The van der Waals surface area contributed by atoms with Gasteiger partial charge in [0, 0.05) is 32.8 Å². The Balaban J connectivity index is 1.77. The summed E-state index contributed by atoms with van der Waals surface area (Å²) >= 11 is 0. The largest absolute Gasteiger partial charge is 0.381 e. The third-order valence-corrected chi connectivity index (χ3v) is 5.11. The maximum absolute atomic E-state index is 5.47. The first kappa shape index (κ1) is 16.3. The maximum atomic E-state index is 5.47. The molecule has 1 heterocycles. The van der Waals surface area contributed by atoms with Crippen molar-refractivity contribution in [1.82, 2.24) is 10.2 Å². The summed E-state index contributed by atoms with van der Waals surface area (Å²) in [6, 6.07) is 0. The van der Waals surface area contributed by atoms with E-state index in [9.17, 15) is 0 Å². The molecule has 20 heavy (non-hydrogen) atoms. The summed E-state index contributed by atoms with van der Waals surface area (Å²) in [4.78, 5) is 2.61. The summed E-state index contributed by atoms with van der Waals surface area (Å²) in [5, 5.41) is 3.68. The normalized spacial score (nSPS) is 23.6. The summed E-state index contributed by atoms with van der Waals surface area (Å²) in [5.74, 6) is 0.857. The van der Waals surface area contributed by atoms with E-state index in [0.717, 1.165) is 19.1 Å². The van der Waals surface area contributed by atoms with Crippen LogP contribution in [0.5, 0.6) is 0 Å². The van der Waals surface area contributed by atoms with Gasteiger partial charge in [0.2, 0.25) is 0 Å². The predicted octanol–water partition coefficient (Wildman–Crippen LogP) is 2.90. The molecule has 0 radical (unpaired) electrons. The molecule has 2 rings (SSSR count). The molecule has 0 amide bonds. The fourth-order valence-corrected chi connectivity index (χ4v) is 4.05. The van der Waals surface area contributed by atoms with Crippen molar-refractivity contribution in [2.45, 2.75) is 51.9 Å². The van der Waals surface area contributed by atoms with Crippen LogP contribution in [0, 0.1) is 11.3 Å². The fraction of sp³-hybridized carbons (Fsp3) is 1.00. The Bertz CT molecular complexity index is 258. The Hall–Kier alpha value is -0.120. The lowest BCUT2D eigenvalue weighted by Gasteiger charge is -2.36. The molecule has 2 aliphatic rings. The Morgan fingerprint density at radius 1 is 1.20 bits per heavy atom. The van der Waals surface area contributed by atoms with Crippen molar-refractivity contribution in [2.75, 3.05) is 46.4 Å². The molecule has 0 aromatic rings. The number of hydrogen-bond donors (Lipinski definition) is 1. The van der Waals surface area contributed by atoms with E-state index in [-0.39, 0.29) is 0 Å². The van der Waals surface area contributed by atoms with Crippen LogP contribution < -0.4 is 5.32 Å². The Morgan fingerprint density at radius 2 is 1.90 bits per heavy atom. The summed E-state index contributed by atoms with van der Waals surface area (Å²) in [7, 11) is 2.33. The average Bonchev–Trinajstić information content (AvgIpc) is 2.88. The van der Waals surface area contributed by atoms with E-state index in [4.69, 9.17) is 4.74 Å². The first-order valence-corrected chi connectivity index (χ1v) is 8.71. The van der Waals surface area contributed by atoms with Crippen LogP contribution in [0.2, 0.25) is 0 Å². The van der Waals surface area contributed by atoms with E-state index in [2.05, 4.69) is 24.2 Å². The second kappa shape index (κ2) is 8.35. The third-order valence-electron chi connectivity index (χ3n) is 5.11. The van der Waals surface area contributed by atoms with Gasteiger partial charge in [-0.2, -0.15) is 0 Å². The Kier molecular flexibility index (Phi) is 6.79. The average molecular weight is 282 g/mol. The van der Waals surface area contributed by atoms with E-state index in [1.54, 1.807) is 0 Å². The lowest BCUT2D eigenvalue weighted by Crippen LogP contribution is -2.43. The van der Waals surface area contributed by atoms with Crippen LogP contribution in [0.1, 0.15) is 51.9 Å². The minimum Gasteiger partial charge on any atom is -0.381 e. The molecule has 0 atom stereocenters. The molecule has 2 fully saturated rings. The quantitative estimate of drug-likeness (QED) is 0.693. The van der Waals surface area contributed by atoms with E-state index < -0.39 is 0 Å². The molecular formula is C17H34N2O. The summed E-state index contributed by atoms with van der Waals surface area (Å²) in [5.41, 5.74) is 0.551. The molecule has 3 nitrogen and oxygen atoms in total. The fourth-order valence-electron chi connectivity index (χ4n) is 4.05. The highest BCUT2D eigenvalue weighted by molar-refractivity contribution is 4.89. The smallest absolute Gasteiger partial charge is 0.0469 e. The zero-order valence-corrected chi connectivity index (χ0v) is 13.6. The summed E-state index contributed by atoms with van der Waals surface area (Å²) < 4.78 is 5.47. The van der Waals surface area contributed by atoms with Crippen molar-refractivity contribution < 1.29 is 4.74 Å². The van der Waals surface area contributed by atoms with Crippen molar-refractivity contribution in [1.29, 1.82) is 0 Å². The molecule has 1 N–H and O–H groups in total. The zero-order valence-electron chi connectivity index (χ0n) is 13.6. The van der Waals surface area contributed by atoms with Gasteiger partial charge < -0.3 is 15.0 Å². The van der Waals surface area contributed by atoms with E-state index >= 15 is 0 Å². The van der Waals surface area contributed by atoms with Gasteiger partial charge in [-0.1, -0.05) is 19.8 Å². The number of ether oxygens (including phenoxy) is 1. The molecule has 118 valence electrons. The molecule has 1 saturated carbocycles. The highest BCUT2D eigenvalue weighted by Gasteiger charge is 2.34. The van der Waals surface area contributed by atoms with Crippen LogP contribution in [-0.2, 0) is 4.74 Å². The van der Waals surface area contributed by atoms with Crippen molar-refractivity contribution in [3.8, 4) is 0 Å². The zero-order chi connectivity index (χ0) is 14.3. The van der Waals surface area contributed by atoms with Gasteiger partial charge in [0.05, 0.1) is 0 Å². The molecule has 3 heteroatoms. The van der Waals surface area contributed by atoms with Gasteiger partial charge in [0.25, 0.3) is 0 Å². The van der Waals surface area contributed by atoms with Crippen LogP contribution in [0.15, 0.2) is 0 Å². The van der Waals surface area contributed by atoms with Crippen LogP contribution in [0.25, 0.3) is 0 Å². The summed E-state index contributed by atoms with van der Waals surface area (Å²) in [6.45, 7) is 9.14. The van der Waals surface area contributed by atoms with Gasteiger partial charge in [0.15, 0.2) is 0 Å². The van der Waals surface area contributed by atoms with Crippen molar-refractivity contribution in [3.63, 3.8) is 0 Å². The summed E-state index contributed by atoms with van der Waals surface area (Å²) in [6.07, 6.45) is 9.45. The van der Waals surface area contributed by atoms with Crippen LogP contribution in [0.3, 0.4) is 0 Å². The van der Waals surface area contributed by atoms with Crippen molar-refractivity contribution >= 4 is 0 Å². The van der Waals surface area contributed by atoms with E-state index in [1.807, 2.05) is 0 Å². The van der Waals surface area contributed by atoms with Crippen molar-refractivity contribution in [3.05, 3.63) is 0 Å². The first-order valence-electron chi connectivity index (χ1n) is 8.71. The van der Waals surface area contributed by atoms with Gasteiger partial charge in [-0.05, 0) is 57.0 Å². The van der Waals surface area contributed by atoms with E-state index in [0.29, 0.717) is 5.41 Å². The van der Waals surface area contributed by atoms with Gasteiger partial charge in [-0.3, -0.25) is 0 Å². The maximum Gasteiger partial charge on any atom is 0.0469 e. The van der Waals surface area contributed by atoms with Crippen molar-refractivity contribution in [2.24, 2.45) is 11.3 Å². The van der Waals surface area contributed by atoms with E-state index in [1.165, 1.54) is 71.1 Å². The monoisotopic (exact) mass is 282 g/mol. The number of nitrogens with zero attached hydrogens (tertiary/aromatic N) is 1. The lowest BCUT2D eigenvalue weighted by molar-refractivity contribution is 0.0495. The number of nitrogens with one attached hydrogen (secondary N) is 1. The third kappa shape index (κ3) is 5.01. The van der Waals surface area contributed by atoms with Gasteiger partial charge in [-0.25, -0.2) is 0 Å². The molecule has 0 unspecified atom stereocenters. The number of hydrogen-bond acceptors (Lipinski definition) is 3. The minimum absolute atomic E-state index is 0.551. The lowest BCUT2D eigenvalue weighted by atomic mass is 9.85. The second-order valence-electron chi connectivity index (χ2n) is 7.14. The SMILES string of the molecule is CCCNCC1(CN(C)CC2CCOCC2)CCCC1. The highest BCUT2D eigenvalue weighted by atomic mass is 16.5. The molecule has 0 aromatic heterocycles. The second-order valence-corrected chi connectivity index (χ2v) is 7.14. The Morgan fingerprint density at radius 3 is 2.55 bits per heavy atom. The standard InChI is InChI=1S/C17H34N2O/c1-3-10-18-14-17(8-4-5-9-17)15-19(2)13-16-6-11-20-12-7-16/h16,18H,3-15H2,1-2H3. The topological polar surface area (TPSA) is 24.5 Å². The highest BCUT2D eigenvalue weighted by Crippen LogP contribution is 2.38. The predicted molar refractivity (Wildman–Crippen MR) is 85.1 cm³/mol. The Labute approximate surface area is 125 Å². The molecule has 0 spiro atoms. The van der Waals surface area contributed by atoms with Crippen LogP contribution >= 0.6 is 0 Å². The van der Waals surface area contributed by atoms with Gasteiger partial charge in [-0.15, -0.1) is 0 Å². The number of rotatable bonds is 8. The molecule has 1 saturated heterocycles. The molecule has 1 aliphatic heterocycles. The van der Waals surface area contributed by atoms with Crippen LogP contribution in [0.4, 0.5) is 0 Å². The molecule has 1 aliphatic carbocycles. The molecule has 0 bridgehead atoms. The molecular weight excluding hydrogens is 248 g/mol. The van der Waals surface area contributed by atoms with Crippen LogP contribution in [-0.4, -0.2) is 51.3 Å². The van der Waals surface area contributed by atoms with Gasteiger partial charge >= 0.3 is 0 Å².